The van der Waals surface area contributed by atoms with Crippen LogP contribution in [0.5, 0.6) is 0 Å². The van der Waals surface area contributed by atoms with Crippen molar-refractivity contribution in [2.45, 2.75) is 32.4 Å². The molecule has 1 aromatic rings. The van der Waals surface area contributed by atoms with Gasteiger partial charge >= 0.3 is 0 Å². The lowest BCUT2D eigenvalue weighted by Gasteiger charge is -2.14. The number of carbonyl (C=O) groups is 1. The van der Waals surface area contributed by atoms with Gasteiger partial charge in [0.1, 0.15) is 0 Å². The van der Waals surface area contributed by atoms with Gasteiger partial charge in [-0.15, -0.1) is 0 Å². The van der Waals surface area contributed by atoms with Gasteiger partial charge in [-0.25, -0.2) is 0 Å². The highest BCUT2D eigenvalue weighted by atomic mass is 79.9. The molecule has 0 saturated carbocycles. The van der Waals surface area contributed by atoms with Gasteiger partial charge in [-0.2, -0.15) is 5.10 Å². The van der Waals surface area contributed by atoms with E-state index >= 15 is 0 Å². The van der Waals surface area contributed by atoms with Crippen molar-refractivity contribution < 1.29 is 9.53 Å². The molecule has 0 radical (unpaired) electrons. The molecule has 1 aliphatic rings. The maximum atomic E-state index is 11.9. The van der Waals surface area contributed by atoms with E-state index in [4.69, 9.17) is 4.74 Å². The Hall–Kier alpha value is -0.880. The van der Waals surface area contributed by atoms with E-state index in [9.17, 15) is 4.79 Å². The first-order chi connectivity index (χ1) is 8.65. The van der Waals surface area contributed by atoms with E-state index in [1.807, 2.05) is 13.1 Å². The number of ether oxygens (including phenoxy) is 1. The molecule has 1 saturated heterocycles. The van der Waals surface area contributed by atoms with Crippen LogP contribution in [0.2, 0.25) is 0 Å². The molecule has 1 amide bonds. The summed E-state index contributed by atoms with van der Waals surface area (Å²) in [5.74, 6) is -0.0460. The number of rotatable bonds is 5. The van der Waals surface area contributed by atoms with E-state index in [1.54, 1.807) is 10.9 Å². The van der Waals surface area contributed by atoms with Gasteiger partial charge in [0.25, 0.3) is 0 Å². The van der Waals surface area contributed by atoms with Gasteiger partial charge in [0.05, 0.1) is 29.2 Å². The Morgan fingerprint density at radius 3 is 3.22 bits per heavy atom. The Kier molecular flexibility index (Phi) is 4.77. The fraction of sp³-hybridized carbons (Fsp3) is 0.667. The molecule has 2 heterocycles. The monoisotopic (exact) mass is 315 g/mol. The number of nitrogens with one attached hydrogen (secondary N) is 1. The Labute approximate surface area is 115 Å². The maximum absolute atomic E-state index is 11.9. The zero-order chi connectivity index (χ0) is 13.0. The minimum atomic E-state index is -0.0989. The Bertz CT molecular complexity index is 402. The summed E-state index contributed by atoms with van der Waals surface area (Å²) in [6.45, 7) is 3.92. The van der Waals surface area contributed by atoms with E-state index in [2.05, 4.69) is 26.3 Å². The minimum absolute atomic E-state index is 0.0529. The second-order valence-electron chi connectivity index (χ2n) is 4.66. The number of hydrogen-bond donors (Lipinski definition) is 1. The van der Waals surface area contributed by atoms with Gasteiger partial charge in [-0.1, -0.05) is 6.92 Å². The highest BCUT2D eigenvalue weighted by molar-refractivity contribution is 9.10. The third kappa shape index (κ3) is 3.81. The van der Waals surface area contributed by atoms with E-state index in [0.717, 1.165) is 23.9 Å². The predicted octanol–water partition coefficient (Wildman–Crippen LogP) is 1.58. The summed E-state index contributed by atoms with van der Waals surface area (Å²) in [6.07, 6.45) is 5.92. The van der Waals surface area contributed by atoms with Gasteiger partial charge in [0, 0.05) is 19.3 Å². The number of halogens is 1. The highest BCUT2D eigenvalue weighted by Crippen LogP contribution is 2.11. The van der Waals surface area contributed by atoms with Crippen molar-refractivity contribution in [1.82, 2.24) is 15.1 Å². The fourth-order valence-corrected chi connectivity index (χ4v) is 2.32. The summed E-state index contributed by atoms with van der Waals surface area (Å²) in [5, 5.41) is 7.08. The zero-order valence-electron chi connectivity index (χ0n) is 10.4. The SMILES string of the molecule is CC(Cn1cc(Br)cn1)C(=O)NCC1CCCO1. The molecule has 5 nitrogen and oxygen atoms in total. The van der Waals surface area contributed by atoms with Crippen LogP contribution in [-0.4, -0.2) is 34.9 Å². The number of amides is 1. The van der Waals surface area contributed by atoms with Crippen molar-refractivity contribution in [3.05, 3.63) is 16.9 Å². The van der Waals surface area contributed by atoms with Gasteiger partial charge in [-0.3, -0.25) is 9.48 Å². The molecular formula is C12H18BrN3O2. The summed E-state index contributed by atoms with van der Waals surface area (Å²) in [4.78, 5) is 11.9. The van der Waals surface area contributed by atoms with Crippen LogP contribution in [0.25, 0.3) is 0 Å². The van der Waals surface area contributed by atoms with Crippen LogP contribution in [0.1, 0.15) is 19.8 Å². The van der Waals surface area contributed by atoms with Gasteiger partial charge in [-0.05, 0) is 28.8 Å². The van der Waals surface area contributed by atoms with Crippen LogP contribution >= 0.6 is 15.9 Å². The van der Waals surface area contributed by atoms with Gasteiger partial charge in [0.15, 0.2) is 0 Å². The summed E-state index contributed by atoms with van der Waals surface area (Å²) in [7, 11) is 0. The topological polar surface area (TPSA) is 56.2 Å². The lowest BCUT2D eigenvalue weighted by atomic mass is 10.1. The molecule has 1 aromatic heterocycles. The summed E-state index contributed by atoms with van der Waals surface area (Å²) < 4.78 is 8.16. The average molecular weight is 316 g/mol. The van der Waals surface area contributed by atoms with E-state index in [0.29, 0.717) is 13.1 Å². The number of hydrogen-bond acceptors (Lipinski definition) is 3. The van der Waals surface area contributed by atoms with Crippen LogP contribution in [0.4, 0.5) is 0 Å². The van der Waals surface area contributed by atoms with Crippen LogP contribution in [0.3, 0.4) is 0 Å². The van der Waals surface area contributed by atoms with Crippen molar-refractivity contribution in [3.8, 4) is 0 Å². The predicted molar refractivity (Wildman–Crippen MR) is 71.1 cm³/mol. The van der Waals surface area contributed by atoms with Crippen molar-refractivity contribution in [1.29, 1.82) is 0 Å². The van der Waals surface area contributed by atoms with Crippen LogP contribution in [-0.2, 0) is 16.1 Å². The molecule has 1 N–H and O–H groups in total. The first-order valence-electron chi connectivity index (χ1n) is 6.22. The van der Waals surface area contributed by atoms with Crippen LogP contribution in [0.15, 0.2) is 16.9 Å². The Morgan fingerprint density at radius 2 is 2.61 bits per heavy atom. The van der Waals surface area contributed by atoms with E-state index < -0.39 is 0 Å². The third-order valence-corrected chi connectivity index (χ3v) is 3.45. The summed E-state index contributed by atoms with van der Waals surface area (Å²) in [6, 6.07) is 0. The molecule has 2 rings (SSSR count). The number of carbonyl (C=O) groups excluding carboxylic acids is 1. The number of aromatic nitrogens is 2. The fourth-order valence-electron chi connectivity index (χ4n) is 2.00. The molecule has 6 heteroatoms. The van der Waals surface area contributed by atoms with Crippen molar-refractivity contribution >= 4 is 21.8 Å². The van der Waals surface area contributed by atoms with Crippen LogP contribution < -0.4 is 5.32 Å². The molecule has 0 aromatic carbocycles. The zero-order valence-corrected chi connectivity index (χ0v) is 12.0. The molecule has 2 atom stereocenters. The minimum Gasteiger partial charge on any atom is -0.376 e. The van der Waals surface area contributed by atoms with Gasteiger partial charge in [0.2, 0.25) is 5.91 Å². The van der Waals surface area contributed by atoms with Gasteiger partial charge < -0.3 is 10.1 Å². The largest absolute Gasteiger partial charge is 0.376 e. The highest BCUT2D eigenvalue weighted by Gasteiger charge is 2.19. The standard InChI is InChI=1S/C12H18BrN3O2/c1-9(7-16-8-10(13)5-15-16)12(17)14-6-11-3-2-4-18-11/h5,8-9,11H,2-4,6-7H2,1H3,(H,14,17). The lowest BCUT2D eigenvalue weighted by Crippen LogP contribution is -2.36. The third-order valence-electron chi connectivity index (χ3n) is 3.04. The molecular weight excluding hydrogens is 298 g/mol. The summed E-state index contributed by atoms with van der Waals surface area (Å²) in [5.41, 5.74) is 0. The molecule has 18 heavy (non-hydrogen) atoms. The number of nitrogens with zero attached hydrogens (tertiary/aromatic N) is 2. The average Bonchev–Trinajstić information content (AvgIpc) is 2.97. The first-order valence-corrected chi connectivity index (χ1v) is 7.01. The normalized spacial score (nSPS) is 20.9. The quantitative estimate of drug-likeness (QED) is 0.897. The molecule has 100 valence electrons. The first kappa shape index (κ1) is 13.5. The Balaban J connectivity index is 1.74. The van der Waals surface area contributed by atoms with E-state index in [-0.39, 0.29) is 17.9 Å². The van der Waals surface area contributed by atoms with Crippen LogP contribution in [0, 0.1) is 5.92 Å². The molecule has 1 aliphatic heterocycles. The van der Waals surface area contributed by atoms with E-state index in [1.165, 1.54) is 0 Å². The molecule has 0 aliphatic carbocycles. The summed E-state index contributed by atoms with van der Waals surface area (Å²) >= 11 is 3.33. The smallest absolute Gasteiger partial charge is 0.224 e. The maximum Gasteiger partial charge on any atom is 0.224 e. The second-order valence-corrected chi connectivity index (χ2v) is 5.58. The van der Waals surface area contributed by atoms with Crippen molar-refractivity contribution in [2.75, 3.05) is 13.2 Å². The molecule has 1 fully saturated rings. The van der Waals surface area contributed by atoms with Crippen molar-refractivity contribution in [2.24, 2.45) is 5.92 Å². The Morgan fingerprint density at radius 1 is 1.78 bits per heavy atom. The van der Waals surface area contributed by atoms with Crippen molar-refractivity contribution in [3.63, 3.8) is 0 Å². The second kappa shape index (κ2) is 6.33. The molecule has 0 spiro atoms. The lowest BCUT2D eigenvalue weighted by molar-refractivity contribution is -0.125. The molecule has 2 unspecified atom stereocenters. The molecule has 0 bridgehead atoms.